The third-order valence-corrected chi connectivity index (χ3v) is 3.41. The maximum Gasteiger partial charge on any atom is 0.256 e. The molecule has 1 amide bonds. The predicted molar refractivity (Wildman–Crippen MR) is 84.7 cm³/mol. The number of nitrogens with two attached hydrogens (primary N) is 1. The van der Waals surface area contributed by atoms with E-state index < -0.39 is 0 Å². The van der Waals surface area contributed by atoms with E-state index >= 15 is 0 Å². The number of nitrogens with one attached hydrogen (secondary N) is 1. The Balaban J connectivity index is 2.22. The Bertz CT molecular complexity index is 703. The van der Waals surface area contributed by atoms with Crippen LogP contribution in [0.15, 0.2) is 36.4 Å². The number of amides is 1. The van der Waals surface area contributed by atoms with Crippen molar-refractivity contribution in [2.24, 2.45) is 0 Å². The van der Waals surface area contributed by atoms with Crippen molar-refractivity contribution in [3.8, 4) is 0 Å². The quantitative estimate of drug-likeness (QED) is 0.670. The van der Waals surface area contributed by atoms with Gasteiger partial charge in [-0.1, -0.05) is 6.07 Å². The van der Waals surface area contributed by atoms with E-state index in [1.54, 1.807) is 30.3 Å². The minimum Gasteiger partial charge on any atom is -0.398 e. The van der Waals surface area contributed by atoms with Crippen molar-refractivity contribution in [3.63, 3.8) is 0 Å². The molecule has 4 nitrogen and oxygen atoms in total. The van der Waals surface area contributed by atoms with Gasteiger partial charge in [0.2, 0.25) is 0 Å². The maximum absolute atomic E-state index is 12.3. The first-order chi connectivity index (χ1) is 9.88. The van der Waals surface area contributed by atoms with Crippen molar-refractivity contribution >= 4 is 23.1 Å². The highest BCUT2D eigenvalue weighted by molar-refractivity contribution is 6.06. The Hall–Kier alpha value is -2.62. The van der Waals surface area contributed by atoms with Gasteiger partial charge in [-0.25, -0.2) is 0 Å². The molecule has 0 fully saturated rings. The van der Waals surface area contributed by atoms with Crippen LogP contribution in [0.5, 0.6) is 0 Å². The van der Waals surface area contributed by atoms with Crippen LogP contribution < -0.4 is 11.1 Å². The van der Waals surface area contributed by atoms with E-state index in [4.69, 9.17) is 5.73 Å². The molecule has 0 aliphatic carbocycles. The second kappa shape index (κ2) is 5.79. The molecule has 108 valence electrons. The minimum absolute atomic E-state index is 0.00460. The van der Waals surface area contributed by atoms with Crippen LogP contribution in [0.4, 0.5) is 11.4 Å². The summed E-state index contributed by atoms with van der Waals surface area (Å²) < 4.78 is 0. The highest BCUT2D eigenvalue weighted by atomic mass is 16.1. The molecular formula is C17H18N2O2. The monoisotopic (exact) mass is 282 g/mol. The summed E-state index contributed by atoms with van der Waals surface area (Å²) in [5, 5.41) is 2.81. The van der Waals surface area contributed by atoms with Gasteiger partial charge in [0.15, 0.2) is 5.78 Å². The Morgan fingerprint density at radius 3 is 2.19 bits per heavy atom. The van der Waals surface area contributed by atoms with Gasteiger partial charge in [0.25, 0.3) is 5.91 Å². The first-order valence-corrected chi connectivity index (χ1v) is 6.67. The second-order valence-electron chi connectivity index (χ2n) is 5.11. The van der Waals surface area contributed by atoms with E-state index in [1.807, 2.05) is 19.9 Å². The molecule has 0 unspecified atom stereocenters. The number of hydrogen-bond acceptors (Lipinski definition) is 3. The lowest BCUT2D eigenvalue weighted by atomic mass is 10.0. The predicted octanol–water partition coefficient (Wildman–Crippen LogP) is 3.34. The number of hydrogen-bond donors (Lipinski definition) is 2. The molecule has 0 saturated carbocycles. The second-order valence-corrected chi connectivity index (χ2v) is 5.11. The average Bonchev–Trinajstić information content (AvgIpc) is 2.43. The molecule has 0 aromatic heterocycles. The number of benzene rings is 2. The average molecular weight is 282 g/mol. The maximum atomic E-state index is 12.3. The van der Waals surface area contributed by atoms with Crippen molar-refractivity contribution in [1.82, 2.24) is 0 Å². The number of ketones is 1. The smallest absolute Gasteiger partial charge is 0.256 e. The van der Waals surface area contributed by atoms with Crippen LogP contribution in [0.2, 0.25) is 0 Å². The third kappa shape index (κ3) is 3.28. The van der Waals surface area contributed by atoms with Gasteiger partial charge in [-0.3, -0.25) is 9.59 Å². The first kappa shape index (κ1) is 14.8. The summed E-state index contributed by atoms with van der Waals surface area (Å²) in [7, 11) is 0. The highest BCUT2D eigenvalue weighted by Crippen LogP contribution is 2.19. The van der Waals surface area contributed by atoms with Crippen molar-refractivity contribution in [1.29, 1.82) is 0 Å². The fourth-order valence-corrected chi connectivity index (χ4v) is 2.10. The van der Waals surface area contributed by atoms with Crippen LogP contribution in [-0.2, 0) is 0 Å². The van der Waals surface area contributed by atoms with Gasteiger partial charge in [-0.2, -0.15) is 0 Å². The fourth-order valence-electron chi connectivity index (χ4n) is 2.10. The summed E-state index contributed by atoms with van der Waals surface area (Å²) in [5.41, 5.74) is 10.1. The van der Waals surface area contributed by atoms with Crippen molar-refractivity contribution in [3.05, 3.63) is 58.7 Å². The molecular weight excluding hydrogens is 264 g/mol. The van der Waals surface area contributed by atoms with Crippen LogP contribution in [0.1, 0.15) is 38.8 Å². The molecule has 0 saturated heterocycles. The molecule has 4 heteroatoms. The standard InChI is InChI=1S/C17H18N2O2/c1-10-8-11(2)16(18)9-15(10)17(21)19-14-6-4-13(5-7-14)12(3)20/h4-9H,18H2,1-3H3,(H,19,21). The van der Waals surface area contributed by atoms with Gasteiger partial charge in [0.05, 0.1) is 0 Å². The zero-order chi connectivity index (χ0) is 15.6. The lowest BCUT2D eigenvalue weighted by Crippen LogP contribution is -2.14. The Morgan fingerprint density at radius 2 is 1.62 bits per heavy atom. The molecule has 0 aliphatic rings. The summed E-state index contributed by atoms with van der Waals surface area (Å²) in [6.45, 7) is 5.29. The number of Topliss-reactive ketones (excluding diaryl/α,β-unsaturated/α-hetero) is 1. The van der Waals surface area contributed by atoms with Gasteiger partial charge in [0, 0.05) is 22.5 Å². The number of rotatable bonds is 3. The molecule has 0 spiro atoms. The number of carbonyl (C=O) groups excluding carboxylic acids is 2. The van der Waals surface area contributed by atoms with Crippen molar-refractivity contribution in [2.75, 3.05) is 11.1 Å². The van der Waals surface area contributed by atoms with Crippen LogP contribution in [-0.4, -0.2) is 11.7 Å². The SMILES string of the molecule is CC(=O)c1ccc(NC(=O)c2cc(N)c(C)cc2C)cc1. The molecule has 2 aromatic rings. The number of aryl methyl sites for hydroxylation is 2. The van der Waals surface area contributed by atoms with Crippen LogP contribution >= 0.6 is 0 Å². The molecule has 2 rings (SSSR count). The topological polar surface area (TPSA) is 72.2 Å². The molecule has 2 aromatic carbocycles. The summed E-state index contributed by atoms with van der Waals surface area (Å²) >= 11 is 0. The van der Waals surface area contributed by atoms with Crippen molar-refractivity contribution in [2.45, 2.75) is 20.8 Å². The molecule has 0 heterocycles. The summed E-state index contributed by atoms with van der Waals surface area (Å²) in [4.78, 5) is 23.5. The zero-order valence-corrected chi connectivity index (χ0v) is 12.4. The van der Waals surface area contributed by atoms with Crippen molar-refractivity contribution < 1.29 is 9.59 Å². The normalized spacial score (nSPS) is 10.2. The van der Waals surface area contributed by atoms with Crippen LogP contribution in [0.25, 0.3) is 0 Å². The molecule has 0 bridgehead atoms. The Morgan fingerprint density at radius 1 is 1.00 bits per heavy atom. The van der Waals surface area contributed by atoms with Gasteiger partial charge < -0.3 is 11.1 Å². The fraction of sp³-hybridized carbons (Fsp3) is 0.176. The van der Waals surface area contributed by atoms with E-state index in [1.165, 1.54) is 6.92 Å². The summed E-state index contributed by atoms with van der Waals surface area (Å²) in [6.07, 6.45) is 0. The van der Waals surface area contributed by atoms with E-state index in [9.17, 15) is 9.59 Å². The molecule has 0 atom stereocenters. The van der Waals surface area contributed by atoms with Crippen LogP contribution in [0, 0.1) is 13.8 Å². The molecule has 0 radical (unpaired) electrons. The van der Waals surface area contributed by atoms with Crippen LogP contribution in [0.3, 0.4) is 0 Å². The lowest BCUT2D eigenvalue weighted by molar-refractivity contribution is 0.101. The zero-order valence-electron chi connectivity index (χ0n) is 12.4. The van der Waals surface area contributed by atoms with Gasteiger partial charge in [-0.05, 0) is 62.2 Å². The van der Waals surface area contributed by atoms with E-state index in [0.29, 0.717) is 22.5 Å². The first-order valence-electron chi connectivity index (χ1n) is 6.67. The van der Waals surface area contributed by atoms with E-state index in [-0.39, 0.29) is 11.7 Å². The molecule has 0 aliphatic heterocycles. The highest BCUT2D eigenvalue weighted by Gasteiger charge is 2.11. The third-order valence-electron chi connectivity index (χ3n) is 3.41. The van der Waals surface area contributed by atoms with Gasteiger partial charge in [-0.15, -0.1) is 0 Å². The molecule has 21 heavy (non-hydrogen) atoms. The number of anilines is 2. The van der Waals surface area contributed by atoms with E-state index in [0.717, 1.165) is 11.1 Å². The van der Waals surface area contributed by atoms with Gasteiger partial charge in [0.1, 0.15) is 0 Å². The number of nitrogen functional groups attached to an aromatic ring is 1. The largest absolute Gasteiger partial charge is 0.398 e. The Kier molecular flexibility index (Phi) is 4.08. The Labute approximate surface area is 124 Å². The number of carbonyl (C=O) groups is 2. The summed E-state index contributed by atoms with van der Waals surface area (Å²) in [5.74, 6) is -0.218. The summed E-state index contributed by atoms with van der Waals surface area (Å²) in [6, 6.07) is 10.4. The van der Waals surface area contributed by atoms with E-state index in [2.05, 4.69) is 5.32 Å². The lowest BCUT2D eigenvalue weighted by Gasteiger charge is -2.10. The minimum atomic E-state index is -0.213. The van der Waals surface area contributed by atoms with Gasteiger partial charge >= 0.3 is 0 Å². The molecule has 3 N–H and O–H groups in total.